The molecule has 1 amide bonds. The molecule has 0 radical (unpaired) electrons. The molecule has 0 saturated carbocycles. The molecule has 1 saturated heterocycles. The van der Waals surface area contributed by atoms with Crippen LogP contribution in [0.4, 0.5) is 0 Å². The van der Waals surface area contributed by atoms with E-state index in [9.17, 15) is 19.8 Å². The molecule has 1 rings (SSSR count). The number of amides is 1. The highest BCUT2D eigenvalue weighted by Gasteiger charge is 2.30. The van der Waals surface area contributed by atoms with Crippen LogP contribution < -0.4 is 5.32 Å². The van der Waals surface area contributed by atoms with Gasteiger partial charge in [0.05, 0.1) is 25.9 Å². The van der Waals surface area contributed by atoms with Crippen LogP contribution >= 0.6 is 0 Å². The van der Waals surface area contributed by atoms with Crippen molar-refractivity contribution in [3.8, 4) is 0 Å². The first kappa shape index (κ1) is 14.9. The lowest BCUT2D eigenvalue weighted by atomic mass is 10.3. The summed E-state index contributed by atoms with van der Waals surface area (Å²) in [5.41, 5.74) is 0. The number of likely N-dealkylation sites (tertiary alicyclic amines) is 1. The third-order valence-corrected chi connectivity index (χ3v) is 2.81. The maximum Gasteiger partial charge on any atom is 0.305 e. The van der Waals surface area contributed by atoms with Crippen molar-refractivity contribution in [2.75, 3.05) is 33.3 Å². The van der Waals surface area contributed by atoms with Crippen LogP contribution in [0.25, 0.3) is 0 Å². The summed E-state index contributed by atoms with van der Waals surface area (Å²) < 4.78 is 4.47. The van der Waals surface area contributed by atoms with Crippen LogP contribution in [0, 0.1) is 0 Å². The third kappa shape index (κ3) is 4.99. The molecule has 1 fully saturated rings. The molecule has 0 bridgehead atoms. The molecule has 7 nitrogen and oxygen atoms in total. The largest absolute Gasteiger partial charge is 0.469 e. The molecule has 7 heteroatoms. The van der Waals surface area contributed by atoms with Crippen LogP contribution in [0.1, 0.15) is 12.8 Å². The number of aliphatic hydroxyl groups is 2. The van der Waals surface area contributed by atoms with Gasteiger partial charge >= 0.3 is 5.97 Å². The van der Waals surface area contributed by atoms with Crippen LogP contribution in [-0.4, -0.2) is 72.5 Å². The van der Waals surface area contributed by atoms with E-state index in [1.807, 2.05) is 0 Å². The molecule has 1 aliphatic rings. The van der Waals surface area contributed by atoms with Gasteiger partial charge in [-0.05, 0) is 6.42 Å². The van der Waals surface area contributed by atoms with E-state index in [1.54, 1.807) is 4.90 Å². The molecule has 3 N–H and O–H groups in total. The van der Waals surface area contributed by atoms with Gasteiger partial charge in [-0.2, -0.15) is 0 Å². The molecule has 1 aliphatic heterocycles. The van der Waals surface area contributed by atoms with E-state index < -0.39 is 12.2 Å². The lowest BCUT2D eigenvalue weighted by Crippen LogP contribution is -2.37. The first-order chi connectivity index (χ1) is 8.52. The van der Waals surface area contributed by atoms with Crippen molar-refractivity contribution in [1.82, 2.24) is 10.2 Å². The van der Waals surface area contributed by atoms with Crippen molar-refractivity contribution in [2.24, 2.45) is 0 Å². The van der Waals surface area contributed by atoms with Gasteiger partial charge in [0.25, 0.3) is 0 Å². The molecular weight excluding hydrogens is 240 g/mol. The van der Waals surface area contributed by atoms with E-state index in [2.05, 4.69) is 10.1 Å². The Kier molecular flexibility index (Phi) is 6.03. The first-order valence-corrected chi connectivity index (χ1v) is 5.95. The van der Waals surface area contributed by atoms with E-state index >= 15 is 0 Å². The number of rotatable bonds is 6. The minimum absolute atomic E-state index is 0.145. The summed E-state index contributed by atoms with van der Waals surface area (Å²) in [5, 5.41) is 21.3. The van der Waals surface area contributed by atoms with Crippen LogP contribution in [0.3, 0.4) is 0 Å². The molecule has 0 aromatic heterocycles. The average molecular weight is 260 g/mol. The second-order valence-corrected chi connectivity index (χ2v) is 4.36. The minimum Gasteiger partial charge on any atom is -0.469 e. The Morgan fingerprint density at radius 2 is 1.94 bits per heavy atom. The van der Waals surface area contributed by atoms with Crippen molar-refractivity contribution in [1.29, 1.82) is 0 Å². The molecule has 0 aromatic carbocycles. The summed E-state index contributed by atoms with van der Waals surface area (Å²) in [6.07, 6.45) is -0.754. The van der Waals surface area contributed by atoms with Gasteiger partial charge in [0, 0.05) is 26.1 Å². The molecule has 0 spiro atoms. The predicted molar refractivity (Wildman–Crippen MR) is 62.7 cm³/mol. The van der Waals surface area contributed by atoms with E-state index in [0.717, 1.165) is 0 Å². The highest BCUT2D eigenvalue weighted by atomic mass is 16.5. The molecule has 0 aromatic rings. The molecule has 2 atom stereocenters. The van der Waals surface area contributed by atoms with Crippen molar-refractivity contribution >= 4 is 11.9 Å². The second-order valence-electron chi connectivity index (χ2n) is 4.36. The van der Waals surface area contributed by atoms with Crippen molar-refractivity contribution in [3.05, 3.63) is 0 Å². The monoisotopic (exact) mass is 260 g/mol. The quantitative estimate of drug-likeness (QED) is 0.381. The lowest BCUT2D eigenvalue weighted by Gasteiger charge is -2.14. The highest BCUT2D eigenvalue weighted by molar-refractivity contribution is 5.78. The maximum atomic E-state index is 11.5. The zero-order valence-corrected chi connectivity index (χ0v) is 10.5. The minimum atomic E-state index is -0.780. The lowest BCUT2D eigenvalue weighted by molar-refractivity contribution is -0.140. The van der Waals surface area contributed by atoms with Gasteiger partial charge < -0.3 is 20.3 Å². The smallest absolute Gasteiger partial charge is 0.305 e. The number of methoxy groups -OCH3 is 1. The van der Waals surface area contributed by atoms with Crippen molar-refractivity contribution in [2.45, 2.75) is 25.0 Å². The number of aliphatic hydroxyl groups excluding tert-OH is 2. The van der Waals surface area contributed by atoms with Gasteiger partial charge in [-0.1, -0.05) is 0 Å². The molecule has 104 valence electrons. The fourth-order valence-corrected chi connectivity index (χ4v) is 1.80. The van der Waals surface area contributed by atoms with Crippen LogP contribution in [-0.2, 0) is 14.3 Å². The zero-order chi connectivity index (χ0) is 13.5. The number of hydrogen-bond donors (Lipinski definition) is 3. The van der Waals surface area contributed by atoms with Gasteiger partial charge in [-0.25, -0.2) is 0 Å². The van der Waals surface area contributed by atoms with Gasteiger partial charge in [-0.3, -0.25) is 14.5 Å². The molecular formula is C11H20N2O5. The summed E-state index contributed by atoms with van der Waals surface area (Å²) in [6.45, 7) is 1.16. The number of ether oxygens (including phenoxy) is 1. The maximum absolute atomic E-state index is 11.5. The highest BCUT2D eigenvalue weighted by Crippen LogP contribution is 2.08. The number of nitrogens with zero attached hydrogens (tertiary/aromatic N) is 1. The molecule has 1 heterocycles. The fraction of sp³-hybridized carbons (Fsp3) is 0.818. The van der Waals surface area contributed by atoms with Crippen LogP contribution in [0.5, 0.6) is 0 Å². The van der Waals surface area contributed by atoms with E-state index in [4.69, 9.17) is 0 Å². The number of esters is 1. The van der Waals surface area contributed by atoms with Gasteiger partial charge in [-0.15, -0.1) is 0 Å². The summed E-state index contributed by atoms with van der Waals surface area (Å²) in [5.74, 6) is -0.476. The number of nitrogens with one attached hydrogen (secondary N) is 1. The number of β-amino-alcohol motifs (C(OH)–C–C–N with tert-alkyl or cyclic N) is 2. The first-order valence-electron chi connectivity index (χ1n) is 5.95. The predicted octanol–water partition coefficient (Wildman–Crippen LogP) is -1.91. The third-order valence-electron chi connectivity index (χ3n) is 2.81. The normalized spacial score (nSPS) is 23.9. The Bertz CT molecular complexity index is 287. The van der Waals surface area contributed by atoms with Gasteiger partial charge in [0.2, 0.25) is 5.91 Å². The number of hydrogen-bond acceptors (Lipinski definition) is 6. The number of carbonyl (C=O) groups is 2. The molecule has 0 unspecified atom stereocenters. The Morgan fingerprint density at radius 1 is 1.33 bits per heavy atom. The van der Waals surface area contributed by atoms with Crippen LogP contribution in [0.2, 0.25) is 0 Å². The van der Waals surface area contributed by atoms with E-state index in [1.165, 1.54) is 7.11 Å². The molecule has 18 heavy (non-hydrogen) atoms. The zero-order valence-electron chi connectivity index (χ0n) is 10.5. The number of carbonyl (C=O) groups excluding carboxylic acids is 2. The Hall–Kier alpha value is -1.18. The summed E-state index contributed by atoms with van der Waals surface area (Å²) in [7, 11) is 1.32. The topological polar surface area (TPSA) is 99.1 Å². The van der Waals surface area contributed by atoms with Crippen molar-refractivity contribution < 1.29 is 24.5 Å². The van der Waals surface area contributed by atoms with Gasteiger partial charge in [0.1, 0.15) is 0 Å². The summed E-state index contributed by atoms with van der Waals surface area (Å²) in [6, 6.07) is 0. The average Bonchev–Trinajstić information content (AvgIpc) is 2.63. The Balaban J connectivity index is 2.09. The van der Waals surface area contributed by atoms with E-state index in [-0.39, 0.29) is 24.8 Å². The van der Waals surface area contributed by atoms with Crippen LogP contribution in [0.15, 0.2) is 0 Å². The Morgan fingerprint density at radius 3 is 2.50 bits per heavy atom. The summed E-state index contributed by atoms with van der Waals surface area (Å²) in [4.78, 5) is 24.0. The van der Waals surface area contributed by atoms with E-state index in [0.29, 0.717) is 26.1 Å². The standard InChI is InChI=1S/C11H20N2O5/c1-18-11(17)3-2-4-12-10(16)7-13-5-8(14)9(15)6-13/h8-9,14-15H,2-7H2,1H3,(H,12,16)/t8-,9+. The van der Waals surface area contributed by atoms with Crippen molar-refractivity contribution in [3.63, 3.8) is 0 Å². The molecule has 0 aliphatic carbocycles. The second kappa shape index (κ2) is 7.30. The van der Waals surface area contributed by atoms with Gasteiger partial charge in [0.15, 0.2) is 0 Å². The SMILES string of the molecule is COC(=O)CCCNC(=O)CN1C[C@@H](O)[C@@H](O)C1. The Labute approximate surface area is 106 Å². The summed E-state index contributed by atoms with van der Waals surface area (Å²) >= 11 is 0. The fourth-order valence-electron chi connectivity index (χ4n) is 1.80.